The van der Waals surface area contributed by atoms with Crippen molar-refractivity contribution in [1.29, 1.82) is 0 Å². The molecule has 1 N–H and O–H groups in total. The number of carbonyl (C=O) groups is 1. The fraction of sp³-hybridized carbons (Fsp3) is 0.286. The molecule has 7 nitrogen and oxygen atoms in total. The molecular weight excluding hydrogens is 392 g/mol. The summed E-state index contributed by atoms with van der Waals surface area (Å²) in [5.74, 6) is 0.364. The monoisotopic (exact) mass is 415 g/mol. The van der Waals surface area contributed by atoms with Crippen molar-refractivity contribution in [3.05, 3.63) is 66.1 Å². The van der Waals surface area contributed by atoms with E-state index < -0.39 is 16.0 Å². The zero-order chi connectivity index (χ0) is 20.4. The number of nitrogens with zero attached hydrogens (tertiary/aromatic N) is 1. The predicted molar refractivity (Wildman–Crippen MR) is 107 cm³/mol. The maximum absolute atomic E-state index is 13.1. The van der Waals surface area contributed by atoms with Crippen molar-refractivity contribution >= 4 is 26.8 Å². The first-order chi connectivity index (χ1) is 14.0. The minimum Gasteiger partial charge on any atom is -0.463 e. The second kappa shape index (κ2) is 7.98. The predicted octanol–water partition coefficient (Wildman–Crippen LogP) is 1.31. The molecule has 1 aromatic heterocycles. The molecule has 4 rings (SSSR count). The number of rotatable bonds is 5. The van der Waals surface area contributed by atoms with Crippen LogP contribution < -0.4 is 4.90 Å². The third-order valence-electron chi connectivity index (χ3n) is 5.26. The van der Waals surface area contributed by atoms with Gasteiger partial charge in [-0.3, -0.25) is 0 Å². The van der Waals surface area contributed by atoms with E-state index in [0.717, 1.165) is 10.8 Å². The van der Waals surface area contributed by atoms with Crippen molar-refractivity contribution in [2.45, 2.75) is 11.4 Å². The van der Waals surface area contributed by atoms with Gasteiger partial charge in [0, 0.05) is 0 Å². The van der Waals surface area contributed by atoms with Gasteiger partial charge in [0.15, 0.2) is 5.76 Å². The molecule has 0 bridgehead atoms. The number of hydrogen-bond donors (Lipinski definition) is 1. The fourth-order valence-corrected chi connectivity index (χ4v) is 5.10. The molecule has 1 fully saturated rings. The maximum Gasteiger partial charge on any atom is 0.373 e. The molecule has 1 saturated heterocycles. The lowest BCUT2D eigenvalue weighted by atomic mass is 10.1. The number of hydrogen-bond acceptors (Lipinski definition) is 5. The summed E-state index contributed by atoms with van der Waals surface area (Å²) in [6.45, 7) is 2.81. The molecule has 0 atom stereocenters. The van der Waals surface area contributed by atoms with Crippen LogP contribution in [-0.2, 0) is 21.3 Å². The molecule has 0 spiro atoms. The Labute approximate surface area is 169 Å². The summed E-state index contributed by atoms with van der Waals surface area (Å²) >= 11 is 0. The fourth-order valence-electron chi connectivity index (χ4n) is 3.63. The van der Waals surface area contributed by atoms with Crippen molar-refractivity contribution in [2.75, 3.05) is 33.3 Å². The minimum absolute atomic E-state index is 0.180. The normalized spacial score (nSPS) is 16.2. The summed E-state index contributed by atoms with van der Waals surface area (Å²) in [5.41, 5.74) is 0. The smallest absolute Gasteiger partial charge is 0.373 e. The van der Waals surface area contributed by atoms with Crippen LogP contribution >= 0.6 is 0 Å². The first kappa shape index (κ1) is 19.6. The van der Waals surface area contributed by atoms with E-state index in [9.17, 15) is 13.2 Å². The summed E-state index contributed by atoms with van der Waals surface area (Å²) in [4.78, 5) is 13.0. The Balaban J connectivity index is 1.41. The molecule has 1 aliphatic rings. The van der Waals surface area contributed by atoms with Crippen LogP contribution in [0.15, 0.2) is 63.9 Å². The number of ether oxygens (including phenoxy) is 1. The van der Waals surface area contributed by atoms with Gasteiger partial charge in [-0.15, -0.1) is 0 Å². The average molecular weight is 415 g/mol. The average Bonchev–Trinajstić information content (AvgIpc) is 3.21. The van der Waals surface area contributed by atoms with Crippen LogP contribution in [0.25, 0.3) is 10.8 Å². The van der Waals surface area contributed by atoms with E-state index in [-0.39, 0.29) is 5.76 Å². The van der Waals surface area contributed by atoms with Crippen LogP contribution in [0.5, 0.6) is 0 Å². The number of furan rings is 1. The number of sulfonamides is 1. The van der Waals surface area contributed by atoms with E-state index >= 15 is 0 Å². The molecule has 29 heavy (non-hydrogen) atoms. The molecule has 0 amide bonds. The van der Waals surface area contributed by atoms with E-state index in [1.54, 1.807) is 28.6 Å². The van der Waals surface area contributed by atoms with Crippen LogP contribution in [0.3, 0.4) is 0 Å². The SMILES string of the molecule is COC(=O)c1ccc(C[NH+]2CCN(S(=O)(=O)c3ccc4ccccc4c3)CC2)o1. The van der Waals surface area contributed by atoms with E-state index in [0.29, 0.717) is 43.4 Å². The lowest BCUT2D eigenvalue weighted by molar-refractivity contribution is -0.918. The Morgan fingerprint density at radius 3 is 2.52 bits per heavy atom. The van der Waals surface area contributed by atoms with Crippen molar-refractivity contribution in [1.82, 2.24) is 4.31 Å². The minimum atomic E-state index is -3.52. The molecule has 0 radical (unpaired) electrons. The molecule has 3 aromatic rings. The van der Waals surface area contributed by atoms with Gasteiger partial charge in [-0.1, -0.05) is 30.3 Å². The number of piperazine rings is 1. The zero-order valence-corrected chi connectivity index (χ0v) is 16.9. The Morgan fingerprint density at radius 1 is 1.07 bits per heavy atom. The van der Waals surface area contributed by atoms with Gasteiger partial charge in [-0.2, -0.15) is 4.31 Å². The van der Waals surface area contributed by atoms with Crippen molar-refractivity contribution in [3.63, 3.8) is 0 Å². The molecule has 2 heterocycles. The maximum atomic E-state index is 13.1. The highest BCUT2D eigenvalue weighted by molar-refractivity contribution is 7.89. The summed E-state index contributed by atoms with van der Waals surface area (Å²) in [5, 5.41) is 1.93. The quantitative estimate of drug-likeness (QED) is 0.636. The molecule has 1 aliphatic heterocycles. The van der Waals surface area contributed by atoms with Gasteiger partial charge in [-0.25, -0.2) is 13.2 Å². The molecule has 0 aliphatic carbocycles. The molecule has 2 aromatic carbocycles. The number of carbonyl (C=O) groups excluding carboxylic acids is 1. The largest absolute Gasteiger partial charge is 0.463 e. The first-order valence-electron chi connectivity index (χ1n) is 9.47. The van der Waals surface area contributed by atoms with Gasteiger partial charge >= 0.3 is 5.97 Å². The van der Waals surface area contributed by atoms with Crippen LogP contribution in [0.1, 0.15) is 16.3 Å². The second-order valence-electron chi connectivity index (χ2n) is 7.10. The van der Waals surface area contributed by atoms with E-state index in [1.807, 2.05) is 30.3 Å². The van der Waals surface area contributed by atoms with Crippen molar-refractivity contribution < 1.29 is 27.3 Å². The van der Waals surface area contributed by atoms with Gasteiger partial charge in [-0.05, 0) is 35.0 Å². The summed E-state index contributed by atoms with van der Waals surface area (Å²) in [6, 6.07) is 16.3. The topological polar surface area (TPSA) is 81.3 Å². The number of esters is 1. The zero-order valence-electron chi connectivity index (χ0n) is 16.1. The molecule has 0 saturated carbocycles. The van der Waals surface area contributed by atoms with Gasteiger partial charge in [0.2, 0.25) is 15.8 Å². The summed E-state index contributed by atoms with van der Waals surface area (Å²) < 4.78 is 37.8. The summed E-state index contributed by atoms with van der Waals surface area (Å²) in [7, 11) is -2.21. The molecular formula is C21H23N2O5S+. The number of quaternary nitrogens is 1. The highest BCUT2D eigenvalue weighted by atomic mass is 32.2. The van der Waals surface area contributed by atoms with E-state index in [1.165, 1.54) is 12.0 Å². The van der Waals surface area contributed by atoms with Gasteiger partial charge < -0.3 is 14.1 Å². The van der Waals surface area contributed by atoms with Crippen LogP contribution in [-0.4, -0.2) is 52.0 Å². The third-order valence-corrected chi connectivity index (χ3v) is 7.16. The van der Waals surface area contributed by atoms with Crippen molar-refractivity contribution in [2.24, 2.45) is 0 Å². The lowest BCUT2D eigenvalue weighted by Gasteiger charge is -2.31. The number of methoxy groups -OCH3 is 1. The molecule has 0 unspecified atom stereocenters. The Hall–Kier alpha value is -2.68. The second-order valence-corrected chi connectivity index (χ2v) is 9.04. The van der Waals surface area contributed by atoms with Crippen molar-refractivity contribution in [3.8, 4) is 0 Å². The highest BCUT2D eigenvalue weighted by Crippen LogP contribution is 2.22. The number of benzene rings is 2. The van der Waals surface area contributed by atoms with E-state index in [2.05, 4.69) is 4.74 Å². The standard InChI is InChI=1S/C21H22N2O5S/c1-27-21(24)20-9-7-18(28-20)15-22-10-12-23(13-11-22)29(25,26)19-8-6-16-4-2-3-5-17(16)14-19/h2-9,14H,10-13,15H2,1H3/p+1. The van der Waals surface area contributed by atoms with Crippen LogP contribution in [0.4, 0.5) is 0 Å². The van der Waals surface area contributed by atoms with Crippen LogP contribution in [0, 0.1) is 0 Å². The third kappa shape index (κ3) is 4.05. The highest BCUT2D eigenvalue weighted by Gasteiger charge is 2.31. The van der Waals surface area contributed by atoms with E-state index in [4.69, 9.17) is 4.42 Å². The lowest BCUT2D eigenvalue weighted by Crippen LogP contribution is -3.13. The Bertz CT molecular complexity index is 1130. The number of fused-ring (bicyclic) bond motifs is 1. The summed E-state index contributed by atoms with van der Waals surface area (Å²) in [6.07, 6.45) is 0. The number of nitrogens with one attached hydrogen (secondary N) is 1. The van der Waals surface area contributed by atoms with Gasteiger partial charge in [0.25, 0.3) is 0 Å². The molecule has 8 heteroatoms. The molecule has 152 valence electrons. The van der Waals surface area contributed by atoms with Gasteiger partial charge in [0.1, 0.15) is 6.54 Å². The van der Waals surface area contributed by atoms with Crippen LogP contribution in [0.2, 0.25) is 0 Å². The Kier molecular flexibility index (Phi) is 5.40. The first-order valence-corrected chi connectivity index (χ1v) is 10.9. The Morgan fingerprint density at radius 2 is 1.79 bits per heavy atom. The van der Waals surface area contributed by atoms with Gasteiger partial charge in [0.05, 0.1) is 38.2 Å².